The van der Waals surface area contributed by atoms with Crippen molar-refractivity contribution in [2.24, 2.45) is 0 Å². The average molecular weight is 237 g/mol. The summed E-state index contributed by atoms with van der Waals surface area (Å²) in [4.78, 5) is 13.4. The Kier molecular flexibility index (Phi) is 2.41. The fraction of sp³-hybridized carbons (Fsp3) is 0. The second-order valence-electron chi connectivity index (χ2n) is 1.69. The molecule has 6 heteroatoms. The standard InChI is InChI=1S/C5H2BrClN2O2/c6-4-3(9(10)11)1-2-8-5(4)7/h1-2H. The zero-order valence-electron chi connectivity index (χ0n) is 5.12. The molecule has 1 aromatic rings. The summed E-state index contributed by atoms with van der Waals surface area (Å²) in [5.41, 5.74) is -0.0787. The van der Waals surface area contributed by atoms with Gasteiger partial charge in [-0.25, -0.2) is 4.98 Å². The van der Waals surface area contributed by atoms with E-state index in [1.807, 2.05) is 0 Å². The highest BCUT2D eigenvalue weighted by atomic mass is 79.9. The topological polar surface area (TPSA) is 56.0 Å². The smallest absolute Gasteiger partial charge is 0.258 e. The lowest BCUT2D eigenvalue weighted by Gasteiger charge is -1.94. The fourth-order valence-corrected chi connectivity index (χ4v) is 1.08. The lowest BCUT2D eigenvalue weighted by Crippen LogP contribution is -1.90. The van der Waals surface area contributed by atoms with E-state index in [-0.39, 0.29) is 15.3 Å². The van der Waals surface area contributed by atoms with Crippen LogP contribution >= 0.6 is 27.5 Å². The minimum absolute atomic E-state index is 0.0787. The molecule has 0 saturated carbocycles. The molecule has 1 heterocycles. The molecule has 0 radical (unpaired) electrons. The molecule has 0 aliphatic rings. The van der Waals surface area contributed by atoms with E-state index >= 15 is 0 Å². The summed E-state index contributed by atoms with van der Waals surface area (Å²) >= 11 is 8.44. The zero-order chi connectivity index (χ0) is 8.43. The number of aromatic nitrogens is 1. The number of rotatable bonds is 1. The van der Waals surface area contributed by atoms with Crippen LogP contribution in [0.4, 0.5) is 5.69 Å². The predicted molar refractivity (Wildman–Crippen MR) is 43.6 cm³/mol. The van der Waals surface area contributed by atoms with Crippen LogP contribution in [0.1, 0.15) is 0 Å². The maximum Gasteiger partial charge on any atom is 0.288 e. The molecule has 0 aliphatic heterocycles. The first kappa shape index (κ1) is 8.42. The average Bonchev–Trinajstić information content (AvgIpc) is 1.94. The Hall–Kier alpha value is -0.680. The molecular formula is C5H2BrClN2O2. The number of hydrogen-bond acceptors (Lipinski definition) is 3. The van der Waals surface area contributed by atoms with Gasteiger partial charge in [-0.3, -0.25) is 10.1 Å². The monoisotopic (exact) mass is 236 g/mol. The van der Waals surface area contributed by atoms with Crippen molar-refractivity contribution in [2.75, 3.05) is 0 Å². The number of pyridine rings is 1. The van der Waals surface area contributed by atoms with Crippen LogP contribution < -0.4 is 0 Å². The highest BCUT2D eigenvalue weighted by Gasteiger charge is 2.13. The van der Waals surface area contributed by atoms with Gasteiger partial charge < -0.3 is 0 Å². The second kappa shape index (κ2) is 3.15. The van der Waals surface area contributed by atoms with Crippen LogP contribution in [0, 0.1) is 10.1 Å². The second-order valence-corrected chi connectivity index (χ2v) is 2.84. The van der Waals surface area contributed by atoms with Gasteiger partial charge in [-0.05, 0) is 15.9 Å². The van der Waals surface area contributed by atoms with Crippen LogP contribution in [0.5, 0.6) is 0 Å². The number of nitro groups is 1. The Bertz CT molecular complexity index is 305. The van der Waals surface area contributed by atoms with Crippen molar-refractivity contribution >= 4 is 33.2 Å². The lowest BCUT2D eigenvalue weighted by molar-refractivity contribution is -0.385. The lowest BCUT2D eigenvalue weighted by atomic mass is 10.4. The van der Waals surface area contributed by atoms with Gasteiger partial charge in [0.2, 0.25) is 0 Å². The third-order valence-corrected chi connectivity index (χ3v) is 2.32. The first-order valence-corrected chi connectivity index (χ1v) is 3.74. The first-order chi connectivity index (χ1) is 5.13. The molecule has 1 aromatic heterocycles. The number of halogens is 2. The summed E-state index contributed by atoms with van der Waals surface area (Å²) in [7, 11) is 0. The molecule has 0 unspecified atom stereocenters. The summed E-state index contributed by atoms with van der Waals surface area (Å²) in [5.74, 6) is 0. The Morgan fingerprint density at radius 1 is 1.73 bits per heavy atom. The Morgan fingerprint density at radius 2 is 2.36 bits per heavy atom. The molecule has 58 valence electrons. The van der Waals surface area contributed by atoms with E-state index in [1.165, 1.54) is 12.3 Å². The molecule has 1 rings (SSSR count). The molecule has 0 spiro atoms. The highest BCUT2D eigenvalue weighted by molar-refractivity contribution is 9.10. The van der Waals surface area contributed by atoms with Gasteiger partial charge >= 0.3 is 0 Å². The minimum Gasteiger partial charge on any atom is -0.258 e. The van der Waals surface area contributed by atoms with E-state index in [9.17, 15) is 10.1 Å². The van der Waals surface area contributed by atoms with Crippen molar-refractivity contribution in [1.82, 2.24) is 4.98 Å². The molecule has 0 bridgehead atoms. The maximum atomic E-state index is 10.3. The van der Waals surface area contributed by atoms with E-state index in [0.717, 1.165) is 0 Å². The van der Waals surface area contributed by atoms with Crippen LogP contribution in [0.15, 0.2) is 16.7 Å². The van der Waals surface area contributed by atoms with Gasteiger partial charge in [0.05, 0.1) is 4.92 Å². The van der Waals surface area contributed by atoms with Gasteiger partial charge in [-0.2, -0.15) is 0 Å². The van der Waals surface area contributed by atoms with Gasteiger partial charge in [0.15, 0.2) is 0 Å². The van der Waals surface area contributed by atoms with Gasteiger partial charge in [0.1, 0.15) is 9.63 Å². The highest BCUT2D eigenvalue weighted by Crippen LogP contribution is 2.29. The minimum atomic E-state index is -0.530. The zero-order valence-corrected chi connectivity index (χ0v) is 7.46. The summed E-state index contributed by atoms with van der Waals surface area (Å²) in [6.07, 6.45) is 1.28. The molecule has 11 heavy (non-hydrogen) atoms. The third-order valence-electron chi connectivity index (χ3n) is 1.02. The van der Waals surface area contributed by atoms with Crippen LogP contribution in [0.25, 0.3) is 0 Å². The first-order valence-electron chi connectivity index (χ1n) is 2.57. The van der Waals surface area contributed by atoms with Crippen molar-refractivity contribution in [3.63, 3.8) is 0 Å². The maximum absolute atomic E-state index is 10.3. The van der Waals surface area contributed by atoms with Crippen molar-refractivity contribution in [2.45, 2.75) is 0 Å². The van der Waals surface area contributed by atoms with Crippen LogP contribution in [-0.4, -0.2) is 9.91 Å². The largest absolute Gasteiger partial charge is 0.288 e. The molecule has 0 saturated heterocycles. The van der Waals surface area contributed by atoms with Crippen molar-refractivity contribution in [3.8, 4) is 0 Å². The number of hydrogen-bond donors (Lipinski definition) is 0. The van der Waals surface area contributed by atoms with Crippen molar-refractivity contribution in [3.05, 3.63) is 32.0 Å². The fourth-order valence-electron chi connectivity index (χ4n) is 0.550. The van der Waals surface area contributed by atoms with E-state index in [0.29, 0.717) is 0 Å². The van der Waals surface area contributed by atoms with E-state index in [1.54, 1.807) is 0 Å². The molecule has 4 nitrogen and oxygen atoms in total. The van der Waals surface area contributed by atoms with Gasteiger partial charge in [0.25, 0.3) is 5.69 Å². The summed E-state index contributed by atoms with van der Waals surface area (Å²) in [5, 5.41) is 10.4. The molecule has 0 N–H and O–H groups in total. The molecule has 0 atom stereocenters. The van der Waals surface area contributed by atoms with Gasteiger partial charge in [-0.15, -0.1) is 0 Å². The summed E-state index contributed by atoms with van der Waals surface area (Å²) in [6.45, 7) is 0. The molecule has 0 fully saturated rings. The predicted octanol–water partition coefficient (Wildman–Crippen LogP) is 2.41. The van der Waals surface area contributed by atoms with Gasteiger partial charge in [-0.1, -0.05) is 11.6 Å². The van der Waals surface area contributed by atoms with Crippen molar-refractivity contribution < 1.29 is 4.92 Å². The molecule has 0 aromatic carbocycles. The molecule has 0 amide bonds. The molecule has 0 aliphatic carbocycles. The van der Waals surface area contributed by atoms with E-state index in [2.05, 4.69) is 20.9 Å². The summed E-state index contributed by atoms with van der Waals surface area (Å²) in [6, 6.07) is 1.27. The normalized spacial score (nSPS) is 9.64. The Morgan fingerprint density at radius 3 is 2.82 bits per heavy atom. The SMILES string of the molecule is O=[N+]([O-])c1ccnc(Cl)c1Br. The van der Waals surface area contributed by atoms with Crippen LogP contribution in [0.3, 0.4) is 0 Å². The van der Waals surface area contributed by atoms with Crippen LogP contribution in [-0.2, 0) is 0 Å². The quantitative estimate of drug-likeness (QED) is 0.428. The van der Waals surface area contributed by atoms with Crippen LogP contribution in [0.2, 0.25) is 5.15 Å². The number of nitrogens with zero attached hydrogens (tertiary/aromatic N) is 2. The Labute approximate surface area is 75.5 Å². The molecular weight excluding hydrogens is 235 g/mol. The summed E-state index contributed by atoms with van der Waals surface area (Å²) < 4.78 is 0.215. The third kappa shape index (κ3) is 1.66. The van der Waals surface area contributed by atoms with E-state index in [4.69, 9.17) is 11.6 Å². The Balaban J connectivity index is 3.27. The van der Waals surface area contributed by atoms with E-state index < -0.39 is 4.92 Å². The van der Waals surface area contributed by atoms with Crippen molar-refractivity contribution in [1.29, 1.82) is 0 Å². The van der Waals surface area contributed by atoms with Gasteiger partial charge in [0, 0.05) is 12.3 Å².